The number of allylic oxidation sites excluding steroid dienone is 12. The molecule has 0 aromatic rings. The molecule has 0 radical (unpaired) electrons. The first-order valence-electron chi connectivity index (χ1n) is 28.4. The molecule has 0 bridgehead atoms. The minimum atomic E-state index is -0.791. The van der Waals surface area contributed by atoms with Crippen molar-refractivity contribution in [3.8, 4) is 0 Å². The maximum absolute atomic E-state index is 12.8. The van der Waals surface area contributed by atoms with Crippen LogP contribution in [0.4, 0.5) is 0 Å². The van der Waals surface area contributed by atoms with Crippen LogP contribution in [0.15, 0.2) is 72.9 Å². The van der Waals surface area contributed by atoms with Crippen molar-refractivity contribution >= 4 is 17.9 Å². The van der Waals surface area contributed by atoms with Crippen molar-refractivity contribution in [3.63, 3.8) is 0 Å². The average Bonchev–Trinajstić information content (AvgIpc) is 3.33. The van der Waals surface area contributed by atoms with E-state index in [0.29, 0.717) is 19.3 Å². The molecular formula is C61H106O6. The van der Waals surface area contributed by atoms with Crippen LogP contribution in [-0.2, 0) is 28.6 Å². The van der Waals surface area contributed by atoms with Gasteiger partial charge in [0.2, 0.25) is 0 Å². The highest BCUT2D eigenvalue weighted by molar-refractivity contribution is 5.71. The van der Waals surface area contributed by atoms with E-state index in [9.17, 15) is 14.4 Å². The normalized spacial score (nSPS) is 12.6. The molecule has 0 N–H and O–H groups in total. The highest BCUT2D eigenvalue weighted by Gasteiger charge is 2.19. The summed E-state index contributed by atoms with van der Waals surface area (Å²) in [4.78, 5) is 38.1. The number of unbranched alkanes of at least 4 members (excludes halogenated alkanes) is 28. The predicted molar refractivity (Wildman–Crippen MR) is 288 cm³/mol. The zero-order valence-electron chi connectivity index (χ0n) is 44.2. The number of hydrogen-bond acceptors (Lipinski definition) is 6. The van der Waals surface area contributed by atoms with Crippen LogP contribution in [0.2, 0.25) is 0 Å². The van der Waals surface area contributed by atoms with Gasteiger partial charge in [0.05, 0.1) is 0 Å². The van der Waals surface area contributed by atoms with Crippen molar-refractivity contribution in [1.82, 2.24) is 0 Å². The van der Waals surface area contributed by atoms with Gasteiger partial charge in [-0.3, -0.25) is 14.4 Å². The lowest BCUT2D eigenvalue weighted by Crippen LogP contribution is -2.30. The van der Waals surface area contributed by atoms with E-state index in [0.717, 1.165) is 103 Å². The summed E-state index contributed by atoms with van der Waals surface area (Å²) >= 11 is 0. The molecule has 0 amide bonds. The Balaban J connectivity index is 4.43. The Hall–Kier alpha value is -3.15. The summed E-state index contributed by atoms with van der Waals surface area (Å²) in [5.41, 5.74) is 0. The lowest BCUT2D eigenvalue weighted by molar-refractivity contribution is -0.167. The summed E-state index contributed by atoms with van der Waals surface area (Å²) in [7, 11) is 0. The number of rotatable bonds is 51. The fourth-order valence-corrected chi connectivity index (χ4v) is 7.87. The fourth-order valence-electron chi connectivity index (χ4n) is 7.87. The summed E-state index contributed by atoms with van der Waals surface area (Å²) in [5.74, 6) is -0.914. The van der Waals surface area contributed by atoms with Gasteiger partial charge >= 0.3 is 17.9 Å². The molecule has 386 valence electrons. The minimum absolute atomic E-state index is 0.0870. The van der Waals surface area contributed by atoms with E-state index in [4.69, 9.17) is 14.2 Å². The van der Waals surface area contributed by atoms with Crippen LogP contribution in [-0.4, -0.2) is 37.2 Å². The maximum atomic E-state index is 12.8. The van der Waals surface area contributed by atoms with E-state index in [1.165, 1.54) is 135 Å². The quantitative estimate of drug-likeness (QED) is 0.0262. The van der Waals surface area contributed by atoms with Crippen molar-refractivity contribution in [1.29, 1.82) is 0 Å². The minimum Gasteiger partial charge on any atom is -0.462 e. The molecule has 0 heterocycles. The van der Waals surface area contributed by atoms with Gasteiger partial charge in [-0.15, -0.1) is 0 Å². The molecule has 0 saturated heterocycles. The van der Waals surface area contributed by atoms with E-state index < -0.39 is 6.10 Å². The van der Waals surface area contributed by atoms with Crippen molar-refractivity contribution < 1.29 is 28.6 Å². The Morgan fingerprint density at radius 1 is 0.299 bits per heavy atom. The molecule has 0 fully saturated rings. The van der Waals surface area contributed by atoms with Gasteiger partial charge < -0.3 is 14.2 Å². The second-order valence-electron chi connectivity index (χ2n) is 18.8. The standard InChI is InChI=1S/C61H106O6/c1-4-7-10-13-16-19-22-25-27-29-30-32-33-36-39-42-45-48-51-54-60(63)66-57-58(56-65-59(62)53-50-47-44-41-38-35-24-21-18-15-12-9-6-3)67-61(64)55-52-49-46-43-40-37-34-31-28-26-23-20-17-14-11-8-5-2/h16-17,19-20,25-28,30,32,34,37,58H,4-15,18,21-24,29,31,33,35-36,38-57H2,1-3H3/b19-16-,20-17-,27-25-,28-26-,32-30-,37-34-/t58-/m1/s1. The summed E-state index contributed by atoms with van der Waals surface area (Å²) in [6.07, 6.45) is 70.2. The van der Waals surface area contributed by atoms with Crippen LogP contribution < -0.4 is 0 Å². The molecule has 0 unspecified atom stereocenters. The molecule has 0 aliphatic heterocycles. The third-order valence-electron chi connectivity index (χ3n) is 12.2. The van der Waals surface area contributed by atoms with Gasteiger partial charge in [0.1, 0.15) is 13.2 Å². The first-order valence-corrected chi connectivity index (χ1v) is 28.4. The van der Waals surface area contributed by atoms with E-state index in [-0.39, 0.29) is 31.1 Å². The molecule has 0 aliphatic carbocycles. The molecule has 0 saturated carbocycles. The SMILES string of the molecule is CCCCC/C=C\C/C=C\C/C=C\CCCCCCCCC(=O)OC[C@@H](COC(=O)CCCCCCCCCCCCCCC)OC(=O)CCCCCC/C=C\C/C=C\C/C=C\CCCCC. The third kappa shape index (κ3) is 53.7. The first-order chi connectivity index (χ1) is 33.0. The zero-order chi connectivity index (χ0) is 48.6. The smallest absolute Gasteiger partial charge is 0.306 e. The second-order valence-corrected chi connectivity index (χ2v) is 18.8. The van der Waals surface area contributed by atoms with Gasteiger partial charge in [0, 0.05) is 19.3 Å². The van der Waals surface area contributed by atoms with Gasteiger partial charge in [0.15, 0.2) is 6.10 Å². The highest BCUT2D eigenvalue weighted by Crippen LogP contribution is 2.15. The molecule has 0 spiro atoms. The van der Waals surface area contributed by atoms with Gasteiger partial charge in [-0.25, -0.2) is 0 Å². The molecule has 6 nitrogen and oxygen atoms in total. The lowest BCUT2D eigenvalue weighted by atomic mass is 10.0. The highest BCUT2D eigenvalue weighted by atomic mass is 16.6. The van der Waals surface area contributed by atoms with E-state index in [2.05, 4.69) is 93.7 Å². The van der Waals surface area contributed by atoms with Crippen molar-refractivity contribution in [2.75, 3.05) is 13.2 Å². The van der Waals surface area contributed by atoms with Gasteiger partial charge in [0.25, 0.3) is 0 Å². The Kier molecular flexibility index (Phi) is 52.8. The summed E-state index contributed by atoms with van der Waals surface area (Å²) in [6, 6.07) is 0. The van der Waals surface area contributed by atoms with Crippen LogP contribution in [0.25, 0.3) is 0 Å². The fraction of sp³-hybridized carbons (Fsp3) is 0.754. The van der Waals surface area contributed by atoms with E-state index in [1.54, 1.807) is 0 Å². The molecule has 67 heavy (non-hydrogen) atoms. The van der Waals surface area contributed by atoms with Crippen molar-refractivity contribution in [2.45, 2.75) is 284 Å². The Morgan fingerprint density at radius 3 is 0.866 bits per heavy atom. The third-order valence-corrected chi connectivity index (χ3v) is 12.2. The summed E-state index contributed by atoms with van der Waals surface area (Å²) in [6.45, 7) is 6.57. The maximum Gasteiger partial charge on any atom is 0.306 e. The number of hydrogen-bond donors (Lipinski definition) is 0. The Morgan fingerprint density at radius 2 is 0.537 bits per heavy atom. The van der Waals surface area contributed by atoms with Gasteiger partial charge in [-0.2, -0.15) is 0 Å². The molecule has 0 aromatic carbocycles. The Bertz CT molecular complexity index is 1260. The number of ether oxygens (including phenoxy) is 3. The number of carbonyl (C=O) groups is 3. The van der Waals surface area contributed by atoms with Crippen LogP contribution in [0.1, 0.15) is 278 Å². The number of esters is 3. The largest absolute Gasteiger partial charge is 0.462 e. The molecule has 0 aliphatic rings. The lowest BCUT2D eigenvalue weighted by Gasteiger charge is -2.18. The molecular weight excluding hydrogens is 829 g/mol. The first kappa shape index (κ1) is 63.8. The number of carbonyl (C=O) groups excluding carboxylic acids is 3. The van der Waals surface area contributed by atoms with Gasteiger partial charge in [-0.1, -0.05) is 235 Å². The van der Waals surface area contributed by atoms with E-state index in [1.807, 2.05) is 0 Å². The molecule has 0 rings (SSSR count). The predicted octanol–water partition coefficient (Wildman–Crippen LogP) is 19.0. The zero-order valence-corrected chi connectivity index (χ0v) is 44.2. The second kappa shape index (κ2) is 55.4. The average molecular weight is 936 g/mol. The topological polar surface area (TPSA) is 78.9 Å². The van der Waals surface area contributed by atoms with Gasteiger partial charge in [-0.05, 0) is 96.3 Å². The molecule has 6 heteroatoms. The summed E-state index contributed by atoms with van der Waals surface area (Å²) < 4.78 is 16.8. The Labute approximate surface area is 414 Å². The van der Waals surface area contributed by atoms with Crippen LogP contribution in [0, 0.1) is 0 Å². The molecule has 0 aromatic heterocycles. The van der Waals surface area contributed by atoms with Crippen molar-refractivity contribution in [3.05, 3.63) is 72.9 Å². The van der Waals surface area contributed by atoms with Crippen LogP contribution in [0.3, 0.4) is 0 Å². The van der Waals surface area contributed by atoms with Crippen molar-refractivity contribution in [2.24, 2.45) is 0 Å². The van der Waals surface area contributed by atoms with Crippen LogP contribution in [0.5, 0.6) is 0 Å². The van der Waals surface area contributed by atoms with E-state index >= 15 is 0 Å². The van der Waals surface area contributed by atoms with Crippen LogP contribution >= 0.6 is 0 Å². The monoisotopic (exact) mass is 935 g/mol. The molecule has 1 atom stereocenters. The summed E-state index contributed by atoms with van der Waals surface area (Å²) in [5, 5.41) is 0.